The Morgan fingerprint density at radius 1 is 1.11 bits per heavy atom. The molecule has 0 spiro atoms. The van der Waals surface area contributed by atoms with E-state index in [-0.39, 0.29) is 18.2 Å². The average molecular weight is 384 g/mol. The summed E-state index contributed by atoms with van der Waals surface area (Å²) >= 11 is 1.81. The molecule has 2 bridgehead atoms. The van der Waals surface area contributed by atoms with Gasteiger partial charge in [-0.1, -0.05) is 36.4 Å². The minimum atomic E-state index is -0.492. The third kappa shape index (κ3) is 3.94. The second-order valence-corrected chi connectivity index (χ2v) is 9.16. The highest BCUT2D eigenvalue weighted by Crippen LogP contribution is 2.38. The molecular weight excluding hydrogens is 358 g/mol. The highest BCUT2D eigenvalue weighted by Gasteiger charge is 2.40. The SMILES string of the molecule is CC(C)(C)OC(=O)N1C2C=C(c3ccc(-c4ccccc4)s3)CC1COC2. The van der Waals surface area contributed by atoms with Gasteiger partial charge in [0.1, 0.15) is 5.60 Å². The summed E-state index contributed by atoms with van der Waals surface area (Å²) in [6, 6.07) is 14.8. The van der Waals surface area contributed by atoms with Crippen LogP contribution in [0, 0.1) is 0 Å². The van der Waals surface area contributed by atoms with Gasteiger partial charge in [0.05, 0.1) is 25.3 Å². The third-order valence-corrected chi connectivity index (χ3v) is 5.99. The van der Waals surface area contributed by atoms with Crippen LogP contribution in [0.4, 0.5) is 4.79 Å². The molecule has 1 aromatic heterocycles. The summed E-state index contributed by atoms with van der Waals surface area (Å²) in [5.74, 6) is 0. The molecule has 4 rings (SSSR count). The van der Waals surface area contributed by atoms with E-state index in [1.54, 1.807) is 11.3 Å². The molecule has 2 unspecified atom stereocenters. The molecule has 0 radical (unpaired) electrons. The highest BCUT2D eigenvalue weighted by molar-refractivity contribution is 7.16. The first-order chi connectivity index (χ1) is 12.9. The number of benzene rings is 1. The fraction of sp³-hybridized carbons (Fsp3) is 0.409. The molecule has 0 aliphatic carbocycles. The lowest BCUT2D eigenvalue weighted by molar-refractivity contribution is -0.0510. The van der Waals surface area contributed by atoms with E-state index in [1.807, 2.05) is 31.7 Å². The molecule has 0 saturated carbocycles. The van der Waals surface area contributed by atoms with Crippen LogP contribution in [0.2, 0.25) is 0 Å². The van der Waals surface area contributed by atoms with Crippen molar-refractivity contribution in [1.29, 1.82) is 0 Å². The van der Waals surface area contributed by atoms with Gasteiger partial charge in [0.15, 0.2) is 0 Å². The summed E-state index contributed by atoms with van der Waals surface area (Å²) < 4.78 is 11.3. The minimum Gasteiger partial charge on any atom is -0.444 e. The lowest BCUT2D eigenvalue weighted by atomic mass is 9.93. The van der Waals surface area contributed by atoms with Gasteiger partial charge in [-0.2, -0.15) is 0 Å². The van der Waals surface area contributed by atoms with Gasteiger partial charge in [-0.25, -0.2) is 4.79 Å². The van der Waals surface area contributed by atoms with E-state index < -0.39 is 5.60 Å². The van der Waals surface area contributed by atoms with Crippen molar-refractivity contribution in [2.24, 2.45) is 0 Å². The van der Waals surface area contributed by atoms with Gasteiger partial charge in [0.2, 0.25) is 0 Å². The number of thiophene rings is 1. The summed E-state index contributed by atoms with van der Waals surface area (Å²) in [6.07, 6.45) is 2.73. The number of nitrogens with zero attached hydrogens (tertiary/aromatic N) is 1. The van der Waals surface area contributed by atoms with Crippen molar-refractivity contribution in [3.63, 3.8) is 0 Å². The van der Waals surface area contributed by atoms with Crippen LogP contribution >= 0.6 is 11.3 Å². The molecule has 1 aromatic carbocycles. The molecule has 142 valence electrons. The monoisotopic (exact) mass is 383 g/mol. The molecule has 3 heterocycles. The van der Waals surface area contributed by atoms with Crippen molar-refractivity contribution >= 4 is 23.0 Å². The van der Waals surface area contributed by atoms with Crippen LogP contribution in [-0.2, 0) is 9.47 Å². The molecular formula is C22H25NO3S. The molecule has 2 aromatic rings. The number of ether oxygens (including phenoxy) is 2. The Balaban J connectivity index is 1.58. The van der Waals surface area contributed by atoms with Crippen LogP contribution < -0.4 is 0 Å². The molecule has 1 fully saturated rings. The van der Waals surface area contributed by atoms with Gasteiger partial charge in [-0.15, -0.1) is 11.3 Å². The number of morpholine rings is 1. The summed E-state index contributed by atoms with van der Waals surface area (Å²) in [6.45, 7) is 6.79. The summed E-state index contributed by atoms with van der Waals surface area (Å²) in [5.41, 5.74) is 2.05. The van der Waals surface area contributed by atoms with E-state index in [0.29, 0.717) is 13.2 Å². The van der Waals surface area contributed by atoms with Gasteiger partial charge >= 0.3 is 6.09 Å². The minimum absolute atomic E-state index is 0.0286. The molecule has 1 amide bonds. The van der Waals surface area contributed by atoms with Gasteiger partial charge in [0, 0.05) is 9.75 Å². The first kappa shape index (κ1) is 18.3. The van der Waals surface area contributed by atoms with Gasteiger partial charge in [-0.05, 0) is 50.5 Å². The number of hydrogen-bond donors (Lipinski definition) is 0. The number of carbonyl (C=O) groups excluding carboxylic acids is 1. The number of amides is 1. The number of fused-ring (bicyclic) bond motifs is 2. The largest absolute Gasteiger partial charge is 0.444 e. The van der Waals surface area contributed by atoms with Crippen molar-refractivity contribution in [2.45, 2.75) is 44.9 Å². The van der Waals surface area contributed by atoms with Crippen molar-refractivity contribution in [3.05, 3.63) is 53.4 Å². The first-order valence-corrected chi connectivity index (χ1v) is 10.2. The van der Waals surface area contributed by atoms with Gasteiger partial charge in [0.25, 0.3) is 0 Å². The van der Waals surface area contributed by atoms with Crippen LogP contribution in [0.5, 0.6) is 0 Å². The quantitative estimate of drug-likeness (QED) is 0.715. The maximum atomic E-state index is 12.7. The Morgan fingerprint density at radius 2 is 1.85 bits per heavy atom. The van der Waals surface area contributed by atoms with Crippen molar-refractivity contribution < 1.29 is 14.3 Å². The Bertz CT molecular complexity index is 850. The Hall–Kier alpha value is -2.11. The Morgan fingerprint density at radius 3 is 2.56 bits per heavy atom. The van der Waals surface area contributed by atoms with Crippen molar-refractivity contribution in [3.8, 4) is 10.4 Å². The number of carbonyl (C=O) groups is 1. The summed E-state index contributed by atoms with van der Waals surface area (Å²) in [7, 11) is 0. The topological polar surface area (TPSA) is 38.8 Å². The zero-order chi connectivity index (χ0) is 19.0. The standard InChI is InChI=1S/C22H25NO3S/c1-22(2,3)26-21(24)23-17-11-16(12-18(23)14-25-13-17)20-10-9-19(27-20)15-7-5-4-6-8-15/h4-11,17-18H,12-14H2,1-3H3. The maximum absolute atomic E-state index is 12.7. The van der Waals surface area contributed by atoms with E-state index in [0.717, 1.165) is 6.42 Å². The average Bonchev–Trinajstić information content (AvgIpc) is 3.10. The van der Waals surface area contributed by atoms with E-state index in [9.17, 15) is 4.79 Å². The van der Waals surface area contributed by atoms with Gasteiger partial charge < -0.3 is 9.47 Å². The maximum Gasteiger partial charge on any atom is 0.411 e. The predicted molar refractivity (Wildman–Crippen MR) is 109 cm³/mol. The smallest absolute Gasteiger partial charge is 0.411 e. The zero-order valence-electron chi connectivity index (χ0n) is 16.0. The molecule has 27 heavy (non-hydrogen) atoms. The summed E-state index contributed by atoms with van der Waals surface area (Å²) in [5, 5.41) is 0. The molecule has 2 atom stereocenters. The van der Waals surface area contributed by atoms with E-state index in [4.69, 9.17) is 9.47 Å². The molecule has 5 heteroatoms. The lowest BCUT2D eigenvalue weighted by Crippen LogP contribution is -2.57. The van der Waals surface area contributed by atoms with Crippen LogP contribution in [0.3, 0.4) is 0 Å². The molecule has 1 saturated heterocycles. The van der Waals surface area contributed by atoms with Crippen molar-refractivity contribution in [2.75, 3.05) is 13.2 Å². The molecule has 4 nitrogen and oxygen atoms in total. The fourth-order valence-corrected chi connectivity index (χ4v) is 4.69. The lowest BCUT2D eigenvalue weighted by Gasteiger charge is -2.44. The van der Waals surface area contributed by atoms with E-state index in [1.165, 1.54) is 20.9 Å². The fourth-order valence-electron chi connectivity index (χ4n) is 3.65. The normalized spacial score (nSPS) is 22.3. The molecule has 2 aliphatic heterocycles. The van der Waals surface area contributed by atoms with Crippen LogP contribution in [-0.4, -0.2) is 41.9 Å². The zero-order valence-corrected chi connectivity index (χ0v) is 16.8. The molecule has 2 aliphatic rings. The number of hydrogen-bond acceptors (Lipinski definition) is 4. The van der Waals surface area contributed by atoms with Gasteiger partial charge in [-0.3, -0.25) is 4.90 Å². The van der Waals surface area contributed by atoms with Crippen LogP contribution in [0.1, 0.15) is 32.1 Å². The number of rotatable bonds is 2. The van der Waals surface area contributed by atoms with Crippen LogP contribution in [0.15, 0.2) is 48.5 Å². The van der Waals surface area contributed by atoms with Crippen molar-refractivity contribution in [1.82, 2.24) is 4.90 Å². The summed E-state index contributed by atoms with van der Waals surface area (Å²) in [4.78, 5) is 17.1. The second kappa shape index (κ2) is 7.13. The van der Waals surface area contributed by atoms with E-state index >= 15 is 0 Å². The molecule has 0 N–H and O–H groups in total. The first-order valence-electron chi connectivity index (χ1n) is 9.36. The second-order valence-electron chi connectivity index (χ2n) is 8.07. The van der Waals surface area contributed by atoms with E-state index in [2.05, 4.69) is 42.5 Å². The van der Waals surface area contributed by atoms with Crippen LogP contribution in [0.25, 0.3) is 16.0 Å². The Labute approximate surface area is 164 Å². The third-order valence-electron chi connectivity index (χ3n) is 4.78. The predicted octanol–water partition coefficient (Wildman–Crippen LogP) is 5.21. The Kier molecular flexibility index (Phi) is 4.82. The highest BCUT2D eigenvalue weighted by atomic mass is 32.1.